The molecule has 0 spiro atoms. The minimum absolute atomic E-state index is 0.0259. The van der Waals surface area contributed by atoms with Crippen LogP contribution in [0.25, 0.3) is 16.1 Å². The lowest BCUT2D eigenvalue weighted by Gasteiger charge is -2.36. The standard InChI is InChI=1S/C23H22N6OS/c1-16-7-8-22(31-16)18-11-19(13-20(12-18)29-15-25-26-27-29)23(30)28-10-3-2-6-21(28)17-5-4-9-24-14-17/h4-5,7-9,11-15,21H,2-3,6,10H2,1H3/t21-/m1/s1. The van der Waals surface area contributed by atoms with Crippen molar-refractivity contribution in [1.82, 2.24) is 30.1 Å². The fourth-order valence-electron chi connectivity index (χ4n) is 4.14. The average molecular weight is 431 g/mol. The molecule has 5 rings (SSSR count). The second-order valence-electron chi connectivity index (χ2n) is 7.73. The molecule has 1 saturated heterocycles. The van der Waals surface area contributed by atoms with E-state index in [4.69, 9.17) is 0 Å². The summed E-state index contributed by atoms with van der Waals surface area (Å²) in [5.41, 5.74) is 3.49. The molecule has 0 saturated carbocycles. The molecular weight excluding hydrogens is 408 g/mol. The Labute approximate surface area is 184 Å². The van der Waals surface area contributed by atoms with Gasteiger partial charge in [-0.05, 0) is 84.1 Å². The topological polar surface area (TPSA) is 76.8 Å². The average Bonchev–Trinajstić information content (AvgIpc) is 3.51. The van der Waals surface area contributed by atoms with Gasteiger partial charge >= 0.3 is 0 Å². The second kappa shape index (κ2) is 8.39. The molecule has 31 heavy (non-hydrogen) atoms. The van der Waals surface area contributed by atoms with Crippen molar-refractivity contribution in [3.8, 4) is 16.1 Å². The van der Waals surface area contributed by atoms with Crippen molar-refractivity contribution in [2.24, 2.45) is 0 Å². The number of piperidine rings is 1. The number of carbonyl (C=O) groups excluding carboxylic acids is 1. The number of rotatable bonds is 4. The Morgan fingerprint density at radius 3 is 2.84 bits per heavy atom. The number of tetrazole rings is 1. The molecule has 4 heterocycles. The normalized spacial score (nSPS) is 16.4. The summed E-state index contributed by atoms with van der Waals surface area (Å²) in [4.78, 5) is 22.3. The predicted octanol–water partition coefficient (Wildman–Crippen LogP) is 4.46. The van der Waals surface area contributed by atoms with Gasteiger partial charge in [-0.25, -0.2) is 4.68 Å². The number of aromatic nitrogens is 5. The van der Waals surface area contributed by atoms with Crippen LogP contribution in [0.2, 0.25) is 0 Å². The number of thiophene rings is 1. The Morgan fingerprint density at radius 2 is 2.10 bits per heavy atom. The van der Waals surface area contributed by atoms with Gasteiger partial charge in [-0.15, -0.1) is 16.4 Å². The summed E-state index contributed by atoms with van der Waals surface area (Å²) in [5.74, 6) is 0.0259. The van der Waals surface area contributed by atoms with Crippen LogP contribution in [-0.4, -0.2) is 42.5 Å². The van der Waals surface area contributed by atoms with Crippen molar-refractivity contribution >= 4 is 17.2 Å². The number of amides is 1. The van der Waals surface area contributed by atoms with Crippen LogP contribution in [0.5, 0.6) is 0 Å². The van der Waals surface area contributed by atoms with Crippen LogP contribution in [0.15, 0.2) is 61.2 Å². The van der Waals surface area contributed by atoms with Gasteiger partial charge in [-0.3, -0.25) is 9.78 Å². The van der Waals surface area contributed by atoms with Crippen molar-refractivity contribution < 1.29 is 4.79 Å². The third kappa shape index (κ3) is 3.98. The van der Waals surface area contributed by atoms with Gasteiger partial charge in [0.05, 0.1) is 11.7 Å². The number of carbonyl (C=O) groups is 1. The number of benzene rings is 1. The van der Waals surface area contributed by atoms with Gasteiger partial charge in [0.1, 0.15) is 6.33 Å². The lowest BCUT2D eigenvalue weighted by molar-refractivity contribution is 0.0611. The zero-order chi connectivity index (χ0) is 21.2. The van der Waals surface area contributed by atoms with E-state index in [1.807, 2.05) is 35.4 Å². The van der Waals surface area contributed by atoms with E-state index in [-0.39, 0.29) is 11.9 Å². The van der Waals surface area contributed by atoms with E-state index in [0.29, 0.717) is 5.56 Å². The molecule has 3 aromatic heterocycles. The number of pyridine rings is 1. The second-order valence-corrected chi connectivity index (χ2v) is 9.02. The quantitative estimate of drug-likeness (QED) is 0.478. The number of hydrogen-bond donors (Lipinski definition) is 0. The summed E-state index contributed by atoms with van der Waals surface area (Å²) in [6, 6.07) is 14.1. The lowest BCUT2D eigenvalue weighted by atomic mass is 9.95. The molecule has 1 aliphatic rings. The van der Waals surface area contributed by atoms with Crippen LogP contribution in [0.4, 0.5) is 0 Å². The van der Waals surface area contributed by atoms with E-state index in [9.17, 15) is 4.79 Å². The predicted molar refractivity (Wildman–Crippen MR) is 119 cm³/mol. The fourth-order valence-corrected chi connectivity index (χ4v) is 4.99. The summed E-state index contributed by atoms with van der Waals surface area (Å²) in [6.45, 7) is 2.82. The van der Waals surface area contributed by atoms with Gasteiger partial charge in [0.2, 0.25) is 0 Å². The number of hydrogen-bond acceptors (Lipinski definition) is 6. The largest absolute Gasteiger partial charge is 0.332 e. The van der Waals surface area contributed by atoms with Gasteiger partial charge in [0.25, 0.3) is 5.91 Å². The van der Waals surface area contributed by atoms with Crippen LogP contribution in [0, 0.1) is 6.92 Å². The summed E-state index contributed by atoms with van der Waals surface area (Å²) < 4.78 is 1.59. The van der Waals surface area contributed by atoms with Gasteiger partial charge in [-0.2, -0.15) is 0 Å². The van der Waals surface area contributed by atoms with Crippen molar-refractivity contribution in [3.05, 3.63) is 77.2 Å². The Balaban J connectivity index is 1.56. The first kappa shape index (κ1) is 19.6. The minimum atomic E-state index is 0.0259. The zero-order valence-electron chi connectivity index (χ0n) is 17.2. The molecule has 0 bridgehead atoms. The monoisotopic (exact) mass is 430 g/mol. The molecule has 8 heteroatoms. The highest BCUT2D eigenvalue weighted by Gasteiger charge is 2.29. The molecule has 0 unspecified atom stereocenters. The maximum absolute atomic E-state index is 13.7. The molecule has 156 valence electrons. The zero-order valence-corrected chi connectivity index (χ0v) is 18.0. The third-order valence-electron chi connectivity index (χ3n) is 5.64. The Kier molecular flexibility index (Phi) is 5.30. The lowest BCUT2D eigenvalue weighted by Crippen LogP contribution is -2.38. The Bertz CT molecular complexity index is 1190. The maximum atomic E-state index is 13.7. The minimum Gasteiger partial charge on any atom is -0.332 e. The molecule has 0 aliphatic carbocycles. The van der Waals surface area contributed by atoms with Gasteiger partial charge < -0.3 is 4.90 Å². The van der Waals surface area contributed by atoms with E-state index in [1.165, 1.54) is 4.88 Å². The molecule has 1 fully saturated rings. The van der Waals surface area contributed by atoms with Crippen molar-refractivity contribution in [2.45, 2.75) is 32.2 Å². The van der Waals surface area contributed by atoms with Crippen molar-refractivity contribution in [3.63, 3.8) is 0 Å². The molecule has 1 aromatic carbocycles. The molecule has 0 radical (unpaired) electrons. The number of likely N-dealkylation sites (tertiary alicyclic amines) is 1. The van der Waals surface area contributed by atoms with E-state index >= 15 is 0 Å². The first-order valence-corrected chi connectivity index (χ1v) is 11.2. The highest BCUT2D eigenvalue weighted by atomic mass is 32.1. The molecule has 1 aliphatic heterocycles. The van der Waals surface area contributed by atoms with E-state index in [2.05, 4.69) is 45.6 Å². The number of aryl methyl sites for hydroxylation is 1. The summed E-state index contributed by atoms with van der Waals surface area (Å²) in [7, 11) is 0. The van der Waals surface area contributed by atoms with Crippen LogP contribution >= 0.6 is 11.3 Å². The highest BCUT2D eigenvalue weighted by Crippen LogP contribution is 2.34. The van der Waals surface area contributed by atoms with E-state index in [1.54, 1.807) is 28.5 Å². The smallest absolute Gasteiger partial charge is 0.254 e. The molecular formula is C23H22N6OS. The highest BCUT2D eigenvalue weighted by molar-refractivity contribution is 7.15. The first-order valence-electron chi connectivity index (χ1n) is 10.4. The molecule has 0 N–H and O–H groups in total. The maximum Gasteiger partial charge on any atom is 0.254 e. The Hall–Kier alpha value is -3.39. The van der Waals surface area contributed by atoms with Crippen molar-refractivity contribution in [2.75, 3.05) is 6.54 Å². The van der Waals surface area contributed by atoms with Crippen LogP contribution in [-0.2, 0) is 0 Å². The molecule has 4 aromatic rings. The van der Waals surface area contributed by atoms with E-state index < -0.39 is 0 Å². The fraction of sp³-hybridized carbons (Fsp3) is 0.261. The molecule has 1 amide bonds. The summed E-state index contributed by atoms with van der Waals surface area (Å²) >= 11 is 1.71. The number of nitrogens with zero attached hydrogens (tertiary/aromatic N) is 6. The Morgan fingerprint density at radius 1 is 1.16 bits per heavy atom. The van der Waals surface area contributed by atoms with Gasteiger partial charge in [0.15, 0.2) is 0 Å². The molecule has 1 atom stereocenters. The third-order valence-corrected chi connectivity index (χ3v) is 6.69. The van der Waals surface area contributed by atoms with Crippen LogP contribution in [0.1, 0.15) is 46.1 Å². The summed E-state index contributed by atoms with van der Waals surface area (Å²) in [5, 5.41) is 11.5. The molecule has 7 nitrogen and oxygen atoms in total. The van der Waals surface area contributed by atoms with E-state index in [0.717, 1.165) is 47.5 Å². The first-order chi connectivity index (χ1) is 15.2. The van der Waals surface area contributed by atoms with Crippen molar-refractivity contribution in [1.29, 1.82) is 0 Å². The summed E-state index contributed by atoms with van der Waals surface area (Å²) in [6.07, 6.45) is 8.24. The van der Waals surface area contributed by atoms with Gasteiger partial charge in [-0.1, -0.05) is 6.07 Å². The van der Waals surface area contributed by atoms with Gasteiger partial charge in [0, 0.05) is 34.3 Å². The SMILES string of the molecule is Cc1ccc(-c2cc(C(=O)N3CCCC[C@@H]3c3cccnc3)cc(-n3cnnn3)c2)s1. The van der Waals surface area contributed by atoms with Crippen LogP contribution in [0.3, 0.4) is 0 Å². The van der Waals surface area contributed by atoms with Crippen LogP contribution < -0.4 is 0 Å².